The van der Waals surface area contributed by atoms with Crippen molar-refractivity contribution in [2.24, 2.45) is 0 Å². The zero-order valence-electron chi connectivity index (χ0n) is 30.2. The van der Waals surface area contributed by atoms with Gasteiger partial charge in [-0.3, -0.25) is 0 Å². The number of benzene rings is 9. The van der Waals surface area contributed by atoms with Gasteiger partial charge in [-0.25, -0.2) is 0 Å². The maximum absolute atomic E-state index is 6.53. The largest absolute Gasteiger partial charge is 0.456 e. The van der Waals surface area contributed by atoms with Crippen LogP contribution in [0.1, 0.15) is 0 Å². The lowest BCUT2D eigenvalue weighted by Gasteiger charge is -2.28. The molecule has 0 fully saturated rings. The summed E-state index contributed by atoms with van der Waals surface area (Å²) in [5.41, 5.74) is 12.3. The highest BCUT2D eigenvalue weighted by Gasteiger charge is 2.21. The molecule has 0 spiro atoms. The minimum Gasteiger partial charge on any atom is -0.456 e. The van der Waals surface area contributed by atoms with Crippen molar-refractivity contribution in [2.45, 2.75) is 0 Å². The molecule has 9 aromatic carbocycles. The molecular weight excluding hydrogens is 685 g/mol. The van der Waals surface area contributed by atoms with Gasteiger partial charge in [0, 0.05) is 66.4 Å². The first-order chi connectivity index (χ1) is 27.8. The van der Waals surface area contributed by atoms with E-state index in [1.807, 2.05) is 12.1 Å². The molecule has 0 bridgehead atoms. The lowest BCUT2D eigenvalue weighted by atomic mass is 9.99. The fourth-order valence-corrected chi connectivity index (χ4v) is 8.84. The van der Waals surface area contributed by atoms with E-state index in [2.05, 4.69) is 191 Å². The van der Waals surface area contributed by atoms with E-state index in [-0.39, 0.29) is 0 Å². The van der Waals surface area contributed by atoms with Gasteiger partial charge in [-0.1, -0.05) is 115 Å². The summed E-state index contributed by atoms with van der Waals surface area (Å²) in [6.07, 6.45) is 0. The molecular formula is C52H32N2O2. The van der Waals surface area contributed by atoms with Crippen LogP contribution in [0, 0.1) is 0 Å². The average molecular weight is 717 g/mol. The number of hydrogen-bond donors (Lipinski definition) is 0. The molecule has 262 valence electrons. The summed E-state index contributed by atoms with van der Waals surface area (Å²) in [4.78, 5) is 2.37. The van der Waals surface area contributed by atoms with Gasteiger partial charge in [0.05, 0.1) is 16.7 Å². The number of hydrogen-bond acceptors (Lipinski definition) is 3. The first-order valence-corrected chi connectivity index (χ1v) is 19.0. The third-order valence-electron chi connectivity index (χ3n) is 11.4. The molecule has 0 saturated heterocycles. The molecule has 0 unspecified atom stereocenters. The maximum atomic E-state index is 6.53. The minimum atomic E-state index is 0.850. The van der Waals surface area contributed by atoms with E-state index in [1.165, 1.54) is 27.2 Å². The highest BCUT2D eigenvalue weighted by molar-refractivity contribution is 6.16. The van der Waals surface area contributed by atoms with Gasteiger partial charge in [-0.2, -0.15) is 0 Å². The van der Waals surface area contributed by atoms with Gasteiger partial charge in [0.25, 0.3) is 0 Å². The predicted octanol–water partition coefficient (Wildman–Crippen LogP) is 14.9. The van der Waals surface area contributed by atoms with E-state index in [1.54, 1.807) is 0 Å². The number of furan rings is 2. The number of para-hydroxylation sites is 4. The average Bonchev–Trinajstić information content (AvgIpc) is 3.93. The molecule has 12 rings (SSSR count). The highest BCUT2D eigenvalue weighted by atomic mass is 16.3. The third-order valence-corrected chi connectivity index (χ3v) is 11.4. The molecule has 0 amide bonds. The predicted molar refractivity (Wildman–Crippen MR) is 233 cm³/mol. The topological polar surface area (TPSA) is 34.5 Å². The summed E-state index contributed by atoms with van der Waals surface area (Å²) in [5.74, 6) is 0. The Bertz CT molecular complexity index is 3460. The van der Waals surface area contributed by atoms with Crippen molar-refractivity contribution < 1.29 is 8.83 Å². The van der Waals surface area contributed by atoms with Crippen molar-refractivity contribution in [3.63, 3.8) is 0 Å². The quantitative estimate of drug-likeness (QED) is 0.178. The van der Waals surface area contributed by atoms with Crippen LogP contribution in [0.15, 0.2) is 203 Å². The van der Waals surface area contributed by atoms with Crippen LogP contribution in [0.3, 0.4) is 0 Å². The SMILES string of the molecule is c1cc(N(c2ccc3c(c2)oc2ccccc23)c2ccccc2-c2ccc3oc4c5ccccc5ccc4c3c2)cc(-n2c3ccccc3c3ccccc32)c1. The van der Waals surface area contributed by atoms with Gasteiger partial charge in [0.15, 0.2) is 0 Å². The molecule has 0 aliphatic rings. The van der Waals surface area contributed by atoms with Crippen molar-refractivity contribution in [3.8, 4) is 16.8 Å². The maximum Gasteiger partial charge on any atom is 0.143 e. The van der Waals surface area contributed by atoms with Gasteiger partial charge < -0.3 is 18.3 Å². The van der Waals surface area contributed by atoms with Crippen LogP contribution in [0.25, 0.3) is 93.3 Å². The highest BCUT2D eigenvalue weighted by Crippen LogP contribution is 2.45. The van der Waals surface area contributed by atoms with E-state index in [9.17, 15) is 0 Å². The molecule has 0 atom stereocenters. The zero-order valence-corrected chi connectivity index (χ0v) is 30.2. The molecule has 0 radical (unpaired) electrons. The first-order valence-electron chi connectivity index (χ1n) is 19.0. The smallest absolute Gasteiger partial charge is 0.143 e. The monoisotopic (exact) mass is 716 g/mol. The third kappa shape index (κ3) is 4.60. The summed E-state index contributed by atoms with van der Waals surface area (Å²) in [5, 5.41) is 9.20. The Kier molecular flexibility index (Phi) is 6.60. The fraction of sp³-hybridized carbons (Fsp3) is 0. The number of fused-ring (bicyclic) bond motifs is 11. The molecule has 0 aliphatic carbocycles. The van der Waals surface area contributed by atoms with E-state index in [0.717, 1.165) is 83.1 Å². The number of rotatable bonds is 5. The van der Waals surface area contributed by atoms with Crippen molar-refractivity contribution >= 4 is 93.5 Å². The summed E-state index contributed by atoms with van der Waals surface area (Å²) in [7, 11) is 0. The number of nitrogens with zero attached hydrogens (tertiary/aromatic N) is 2. The van der Waals surface area contributed by atoms with Crippen molar-refractivity contribution in [2.75, 3.05) is 4.90 Å². The lowest BCUT2D eigenvalue weighted by molar-refractivity contribution is 0.669. The van der Waals surface area contributed by atoms with E-state index in [0.29, 0.717) is 0 Å². The first kappa shape index (κ1) is 30.9. The van der Waals surface area contributed by atoms with Crippen LogP contribution in [0.2, 0.25) is 0 Å². The van der Waals surface area contributed by atoms with Gasteiger partial charge in [0.2, 0.25) is 0 Å². The minimum absolute atomic E-state index is 0.850. The molecule has 3 aromatic heterocycles. The van der Waals surface area contributed by atoms with Gasteiger partial charge in [-0.15, -0.1) is 0 Å². The summed E-state index contributed by atoms with van der Waals surface area (Å²) in [6.45, 7) is 0. The van der Waals surface area contributed by atoms with Crippen LogP contribution >= 0.6 is 0 Å². The van der Waals surface area contributed by atoms with Crippen molar-refractivity contribution in [1.29, 1.82) is 0 Å². The molecule has 4 nitrogen and oxygen atoms in total. The van der Waals surface area contributed by atoms with E-state index < -0.39 is 0 Å². The Labute approximate surface area is 321 Å². The fourth-order valence-electron chi connectivity index (χ4n) is 8.84. The van der Waals surface area contributed by atoms with Crippen molar-refractivity contribution in [1.82, 2.24) is 4.57 Å². The Morgan fingerprint density at radius 1 is 0.375 bits per heavy atom. The second kappa shape index (κ2) is 12.0. The van der Waals surface area contributed by atoms with Gasteiger partial charge >= 0.3 is 0 Å². The lowest BCUT2D eigenvalue weighted by Crippen LogP contribution is -2.11. The zero-order chi connectivity index (χ0) is 36.7. The normalized spacial score (nSPS) is 11.9. The second-order valence-corrected chi connectivity index (χ2v) is 14.5. The van der Waals surface area contributed by atoms with Crippen LogP contribution in [-0.2, 0) is 0 Å². The Morgan fingerprint density at radius 3 is 1.89 bits per heavy atom. The Hall–Kier alpha value is -7.56. The molecule has 12 aromatic rings. The van der Waals surface area contributed by atoms with Crippen LogP contribution in [0.4, 0.5) is 17.1 Å². The van der Waals surface area contributed by atoms with Crippen molar-refractivity contribution in [3.05, 3.63) is 194 Å². The summed E-state index contributed by atoms with van der Waals surface area (Å²) < 4.78 is 15.4. The van der Waals surface area contributed by atoms with E-state index in [4.69, 9.17) is 8.83 Å². The molecule has 3 heterocycles. The molecule has 4 heteroatoms. The Balaban J connectivity index is 1.09. The number of aromatic nitrogens is 1. The molecule has 0 saturated carbocycles. The molecule has 0 N–H and O–H groups in total. The number of anilines is 3. The summed E-state index contributed by atoms with van der Waals surface area (Å²) in [6, 6.07) is 69.1. The Morgan fingerprint density at radius 2 is 1.04 bits per heavy atom. The summed E-state index contributed by atoms with van der Waals surface area (Å²) >= 11 is 0. The second-order valence-electron chi connectivity index (χ2n) is 14.5. The molecule has 0 aliphatic heterocycles. The van der Waals surface area contributed by atoms with Gasteiger partial charge in [-0.05, 0) is 83.7 Å². The van der Waals surface area contributed by atoms with Crippen LogP contribution in [-0.4, -0.2) is 4.57 Å². The van der Waals surface area contributed by atoms with E-state index >= 15 is 0 Å². The molecule has 56 heavy (non-hydrogen) atoms. The van der Waals surface area contributed by atoms with Gasteiger partial charge in [0.1, 0.15) is 22.3 Å². The van der Waals surface area contributed by atoms with Crippen LogP contribution in [0.5, 0.6) is 0 Å². The standard InChI is InChI=1S/C52H32N2O2/c1-2-16-39-33(12-1)24-27-44-45-30-34(25-29-50(45)56-52(39)44)38-15-3-7-20-46(38)53(37-26-28-43-42-19-6-10-23-49(42)55-51(43)32-37)35-13-11-14-36(31-35)54-47-21-8-4-17-40(47)41-18-5-9-22-48(41)54/h1-32H. The van der Waals surface area contributed by atoms with Crippen LogP contribution < -0.4 is 4.90 Å².